The highest BCUT2D eigenvalue weighted by atomic mass is 79.9. The molecule has 1 heterocycles. The van der Waals surface area contributed by atoms with Crippen molar-refractivity contribution in [3.05, 3.63) is 33.6 Å². The topological polar surface area (TPSA) is 71.1 Å². The van der Waals surface area contributed by atoms with E-state index in [0.29, 0.717) is 11.7 Å². The Bertz CT molecular complexity index is 683. The number of hydrogen-bond donors (Lipinski definition) is 2. The molecule has 0 aliphatic heterocycles. The Labute approximate surface area is 141 Å². The number of thiazole rings is 1. The van der Waals surface area contributed by atoms with E-state index in [2.05, 4.69) is 31.5 Å². The van der Waals surface area contributed by atoms with Crippen LogP contribution in [-0.4, -0.2) is 23.3 Å². The molecule has 2 aromatic rings. The van der Waals surface area contributed by atoms with Crippen LogP contribution in [0.4, 0.5) is 5.13 Å². The first kappa shape index (κ1) is 16.6. The van der Waals surface area contributed by atoms with Crippen LogP contribution < -0.4 is 10.6 Å². The van der Waals surface area contributed by atoms with Gasteiger partial charge in [-0.05, 0) is 19.1 Å². The van der Waals surface area contributed by atoms with Gasteiger partial charge in [-0.2, -0.15) is 0 Å². The monoisotopic (exact) mass is 381 g/mol. The minimum Gasteiger partial charge on any atom is -0.356 e. The molecular weight excluding hydrogens is 366 g/mol. The molecule has 7 heteroatoms. The van der Waals surface area contributed by atoms with Gasteiger partial charge in [-0.15, -0.1) is 11.3 Å². The fourth-order valence-electron chi connectivity index (χ4n) is 1.86. The molecule has 116 valence electrons. The number of aryl methyl sites for hydroxylation is 1. The van der Waals surface area contributed by atoms with Crippen LogP contribution in [0.25, 0.3) is 11.3 Å². The second-order valence-electron chi connectivity index (χ2n) is 4.71. The Morgan fingerprint density at radius 2 is 1.95 bits per heavy atom. The van der Waals surface area contributed by atoms with Gasteiger partial charge < -0.3 is 10.6 Å². The van der Waals surface area contributed by atoms with Gasteiger partial charge in [-0.25, -0.2) is 4.98 Å². The molecule has 22 heavy (non-hydrogen) atoms. The van der Waals surface area contributed by atoms with Crippen molar-refractivity contribution in [1.82, 2.24) is 10.3 Å². The highest BCUT2D eigenvalue weighted by Gasteiger charge is 2.12. The zero-order valence-electron chi connectivity index (χ0n) is 12.3. The van der Waals surface area contributed by atoms with E-state index in [1.165, 1.54) is 18.3 Å². The molecule has 1 aromatic carbocycles. The molecular formula is C15H16BrN3O2S. The average molecular weight is 382 g/mol. The summed E-state index contributed by atoms with van der Waals surface area (Å²) in [6.07, 6.45) is 0.228. The Kier molecular flexibility index (Phi) is 5.68. The smallest absolute Gasteiger partial charge is 0.227 e. The van der Waals surface area contributed by atoms with E-state index >= 15 is 0 Å². The van der Waals surface area contributed by atoms with Crippen LogP contribution in [0, 0.1) is 6.92 Å². The first-order chi connectivity index (χ1) is 10.5. The SMILES string of the molecule is CC(=O)NCCC(=O)Nc1nc(-c2ccc(Br)cc2)c(C)s1. The van der Waals surface area contributed by atoms with Crippen molar-refractivity contribution in [2.24, 2.45) is 0 Å². The lowest BCUT2D eigenvalue weighted by Gasteiger charge is -2.02. The summed E-state index contributed by atoms with van der Waals surface area (Å²) in [5.74, 6) is -0.305. The zero-order chi connectivity index (χ0) is 16.1. The van der Waals surface area contributed by atoms with Crippen molar-refractivity contribution in [2.45, 2.75) is 20.3 Å². The fourth-order valence-corrected chi connectivity index (χ4v) is 2.98. The van der Waals surface area contributed by atoms with Crippen molar-refractivity contribution >= 4 is 44.2 Å². The number of nitrogens with zero attached hydrogens (tertiary/aromatic N) is 1. The summed E-state index contributed by atoms with van der Waals surface area (Å²) in [5, 5.41) is 5.93. The number of nitrogens with one attached hydrogen (secondary N) is 2. The number of benzene rings is 1. The second kappa shape index (κ2) is 7.51. The van der Waals surface area contributed by atoms with E-state index < -0.39 is 0 Å². The number of carbonyl (C=O) groups excluding carboxylic acids is 2. The second-order valence-corrected chi connectivity index (χ2v) is 6.83. The predicted octanol–water partition coefficient (Wildman–Crippen LogP) is 3.35. The molecule has 0 saturated carbocycles. The zero-order valence-corrected chi connectivity index (χ0v) is 14.7. The number of anilines is 1. The number of halogens is 1. The lowest BCUT2D eigenvalue weighted by atomic mass is 10.1. The van der Waals surface area contributed by atoms with Crippen LogP contribution in [0.1, 0.15) is 18.2 Å². The Morgan fingerprint density at radius 1 is 1.27 bits per heavy atom. The molecule has 2 rings (SSSR count). The number of rotatable bonds is 5. The van der Waals surface area contributed by atoms with Crippen molar-refractivity contribution in [2.75, 3.05) is 11.9 Å². The van der Waals surface area contributed by atoms with Gasteiger partial charge in [-0.1, -0.05) is 28.1 Å². The Morgan fingerprint density at radius 3 is 2.59 bits per heavy atom. The quantitative estimate of drug-likeness (QED) is 0.833. The number of carbonyl (C=O) groups is 2. The van der Waals surface area contributed by atoms with Crippen LogP contribution in [0.5, 0.6) is 0 Å². The minimum absolute atomic E-state index is 0.143. The third-order valence-corrected chi connectivity index (χ3v) is 4.30. The molecule has 0 unspecified atom stereocenters. The molecule has 0 atom stereocenters. The molecule has 0 aliphatic rings. The number of amides is 2. The van der Waals surface area contributed by atoms with Crippen molar-refractivity contribution < 1.29 is 9.59 Å². The normalized spacial score (nSPS) is 10.3. The standard InChI is InChI=1S/C15H16BrN3O2S/c1-9-14(11-3-5-12(16)6-4-11)19-15(22-9)18-13(21)7-8-17-10(2)20/h3-6H,7-8H2,1-2H3,(H,17,20)(H,18,19,21). The van der Waals surface area contributed by atoms with Gasteiger partial charge in [-0.3, -0.25) is 9.59 Å². The molecule has 0 saturated heterocycles. The Hall–Kier alpha value is -1.73. The molecule has 0 aliphatic carbocycles. The fraction of sp³-hybridized carbons (Fsp3) is 0.267. The van der Waals surface area contributed by atoms with Crippen molar-refractivity contribution in [3.8, 4) is 11.3 Å². The van der Waals surface area contributed by atoms with E-state index in [1.807, 2.05) is 31.2 Å². The summed E-state index contributed by atoms with van der Waals surface area (Å²) in [7, 11) is 0. The third kappa shape index (κ3) is 4.64. The van der Waals surface area contributed by atoms with E-state index in [4.69, 9.17) is 0 Å². The van der Waals surface area contributed by atoms with Gasteiger partial charge >= 0.3 is 0 Å². The molecule has 0 fully saturated rings. The van der Waals surface area contributed by atoms with E-state index in [0.717, 1.165) is 20.6 Å². The highest BCUT2D eigenvalue weighted by molar-refractivity contribution is 9.10. The number of aromatic nitrogens is 1. The van der Waals surface area contributed by atoms with Crippen LogP contribution in [0.2, 0.25) is 0 Å². The highest BCUT2D eigenvalue weighted by Crippen LogP contribution is 2.31. The summed E-state index contributed by atoms with van der Waals surface area (Å²) in [4.78, 5) is 28.1. The largest absolute Gasteiger partial charge is 0.356 e. The van der Waals surface area contributed by atoms with Gasteiger partial charge in [0.15, 0.2) is 5.13 Å². The van der Waals surface area contributed by atoms with Crippen LogP contribution in [0.15, 0.2) is 28.7 Å². The summed E-state index contributed by atoms with van der Waals surface area (Å²) in [6.45, 7) is 3.72. The maximum Gasteiger partial charge on any atom is 0.227 e. The molecule has 0 radical (unpaired) electrons. The van der Waals surface area contributed by atoms with Gasteiger partial charge in [0.25, 0.3) is 0 Å². The Balaban J connectivity index is 2.02. The lowest BCUT2D eigenvalue weighted by molar-refractivity contribution is -0.119. The predicted molar refractivity (Wildman–Crippen MR) is 91.9 cm³/mol. The van der Waals surface area contributed by atoms with E-state index in [9.17, 15) is 9.59 Å². The van der Waals surface area contributed by atoms with Crippen LogP contribution in [0.3, 0.4) is 0 Å². The van der Waals surface area contributed by atoms with Crippen molar-refractivity contribution in [3.63, 3.8) is 0 Å². The summed E-state index contributed by atoms with van der Waals surface area (Å²) in [5.41, 5.74) is 1.88. The first-order valence-electron chi connectivity index (χ1n) is 6.73. The minimum atomic E-state index is -0.162. The van der Waals surface area contributed by atoms with Gasteiger partial charge in [0.2, 0.25) is 11.8 Å². The summed E-state index contributed by atoms with van der Waals surface area (Å²) >= 11 is 4.84. The van der Waals surface area contributed by atoms with Crippen molar-refractivity contribution in [1.29, 1.82) is 0 Å². The average Bonchev–Trinajstić information content (AvgIpc) is 2.80. The molecule has 2 amide bonds. The lowest BCUT2D eigenvalue weighted by Crippen LogP contribution is -2.25. The molecule has 1 aromatic heterocycles. The van der Waals surface area contributed by atoms with E-state index in [-0.39, 0.29) is 18.2 Å². The van der Waals surface area contributed by atoms with Crippen LogP contribution in [-0.2, 0) is 9.59 Å². The summed E-state index contributed by atoms with van der Waals surface area (Å²) < 4.78 is 1.01. The summed E-state index contributed by atoms with van der Waals surface area (Å²) in [6, 6.07) is 7.88. The van der Waals surface area contributed by atoms with E-state index in [1.54, 1.807) is 0 Å². The van der Waals surface area contributed by atoms with Crippen LogP contribution >= 0.6 is 27.3 Å². The molecule has 2 N–H and O–H groups in total. The molecule has 0 spiro atoms. The molecule has 0 bridgehead atoms. The third-order valence-electron chi connectivity index (χ3n) is 2.89. The maximum atomic E-state index is 11.8. The first-order valence-corrected chi connectivity index (χ1v) is 8.34. The molecule has 5 nitrogen and oxygen atoms in total. The van der Waals surface area contributed by atoms with Gasteiger partial charge in [0.1, 0.15) is 0 Å². The maximum absolute atomic E-state index is 11.8. The number of hydrogen-bond acceptors (Lipinski definition) is 4. The van der Waals surface area contributed by atoms with Gasteiger partial charge in [0.05, 0.1) is 5.69 Å². The van der Waals surface area contributed by atoms with Gasteiger partial charge in [0, 0.05) is 34.8 Å².